The highest BCUT2D eigenvalue weighted by molar-refractivity contribution is 5.57. The van der Waals surface area contributed by atoms with Crippen molar-refractivity contribution in [3.8, 4) is 0 Å². The molecule has 138 valence electrons. The third-order valence-corrected chi connectivity index (χ3v) is 4.07. The Bertz CT molecular complexity index is 249. The Hall–Kier alpha value is -0.700. The minimum Gasteiger partial charge on any atom is -0.389 e. The maximum atomic E-state index is 10.8. The molecule has 0 saturated carbocycles. The predicted molar refractivity (Wildman–Crippen MR) is 98.7 cm³/mol. The smallest absolute Gasteiger partial charge is 0.145 e. The van der Waals surface area contributed by atoms with Crippen LogP contribution in [0.4, 0.5) is 0 Å². The number of hydrogen-bond acceptors (Lipinski definition) is 3. The Labute approximate surface area is 144 Å². The molecule has 0 saturated heterocycles. The SMILES string of the molecule is CCCCCCCCCCCCCCC(C)(C)C=O.O=CCO. The van der Waals surface area contributed by atoms with Crippen molar-refractivity contribution >= 4 is 12.6 Å². The predicted octanol–water partition coefficient (Wildman–Crippen LogP) is 5.48. The lowest BCUT2D eigenvalue weighted by molar-refractivity contribution is -0.115. The normalized spacial score (nSPS) is 10.8. The molecule has 0 spiro atoms. The first kappa shape index (κ1) is 24.6. The van der Waals surface area contributed by atoms with E-state index in [4.69, 9.17) is 9.90 Å². The van der Waals surface area contributed by atoms with Crippen molar-refractivity contribution in [2.75, 3.05) is 6.61 Å². The standard InChI is InChI=1S/C18H36O.C2H4O2/c1-4-5-6-7-8-9-10-11-12-13-14-15-16-18(2,3)17-19;3-1-2-4/h17H,4-16H2,1-3H3;1,4H,2H2. The van der Waals surface area contributed by atoms with E-state index in [-0.39, 0.29) is 12.0 Å². The Morgan fingerprint density at radius 3 is 1.39 bits per heavy atom. The molecule has 23 heavy (non-hydrogen) atoms. The van der Waals surface area contributed by atoms with E-state index < -0.39 is 0 Å². The minimum atomic E-state index is -0.361. The number of carbonyl (C=O) groups excluding carboxylic acids is 2. The molecule has 0 aromatic carbocycles. The zero-order valence-electron chi connectivity index (χ0n) is 15.8. The average Bonchev–Trinajstić information content (AvgIpc) is 2.56. The van der Waals surface area contributed by atoms with Gasteiger partial charge in [-0.1, -0.05) is 97.8 Å². The summed E-state index contributed by atoms with van der Waals surface area (Å²) < 4.78 is 0. The molecular weight excluding hydrogens is 288 g/mol. The second kappa shape index (κ2) is 19.3. The summed E-state index contributed by atoms with van der Waals surface area (Å²) in [6.45, 7) is 5.99. The molecule has 3 heteroatoms. The summed E-state index contributed by atoms with van der Waals surface area (Å²) in [5.41, 5.74) is -0.0987. The second-order valence-electron chi connectivity index (χ2n) is 7.09. The topological polar surface area (TPSA) is 54.4 Å². The van der Waals surface area contributed by atoms with Gasteiger partial charge in [-0.05, 0) is 6.42 Å². The van der Waals surface area contributed by atoms with Crippen LogP contribution in [0, 0.1) is 5.41 Å². The van der Waals surface area contributed by atoms with Gasteiger partial charge in [0.05, 0.1) is 6.61 Å². The fourth-order valence-corrected chi connectivity index (χ4v) is 2.48. The zero-order valence-corrected chi connectivity index (χ0v) is 15.8. The minimum absolute atomic E-state index is 0.0987. The first-order valence-corrected chi connectivity index (χ1v) is 9.55. The molecule has 0 atom stereocenters. The van der Waals surface area contributed by atoms with Crippen LogP contribution in [0.5, 0.6) is 0 Å². The molecule has 0 rings (SSSR count). The molecule has 0 unspecified atom stereocenters. The van der Waals surface area contributed by atoms with Gasteiger partial charge in [-0.25, -0.2) is 0 Å². The van der Waals surface area contributed by atoms with Gasteiger partial charge in [0.1, 0.15) is 12.6 Å². The average molecular weight is 329 g/mol. The van der Waals surface area contributed by atoms with E-state index >= 15 is 0 Å². The zero-order chi connectivity index (χ0) is 17.8. The van der Waals surface area contributed by atoms with Gasteiger partial charge in [0, 0.05) is 5.41 Å². The second-order valence-corrected chi connectivity index (χ2v) is 7.09. The fourth-order valence-electron chi connectivity index (χ4n) is 2.48. The van der Waals surface area contributed by atoms with E-state index in [1.165, 1.54) is 77.0 Å². The summed E-state index contributed by atoms with van der Waals surface area (Å²) in [4.78, 5) is 19.7. The summed E-state index contributed by atoms with van der Waals surface area (Å²) >= 11 is 0. The number of rotatable bonds is 15. The fraction of sp³-hybridized carbons (Fsp3) is 0.900. The van der Waals surface area contributed by atoms with Gasteiger partial charge in [0.25, 0.3) is 0 Å². The van der Waals surface area contributed by atoms with Crippen LogP contribution >= 0.6 is 0 Å². The molecule has 0 radical (unpaired) electrons. The number of aliphatic hydroxyl groups excluding tert-OH is 1. The Balaban J connectivity index is 0. The van der Waals surface area contributed by atoms with Crippen LogP contribution in [0.3, 0.4) is 0 Å². The van der Waals surface area contributed by atoms with Gasteiger partial charge in [0.15, 0.2) is 0 Å². The van der Waals surface area contributed by atoms with Crippen LogP contribution < -0.4 is 0 Å². The van der Waals surface area contributed by atoms with Crippen LogP contribution in [0.25, 0.3) is 0 Å². The largest absolute Gasteiger partial charge is 0.389 e. The molecule has 0 aromatic rings. The maximum absolute atomic E-state index is 10.8. The van der Waals surface area contributed by atoms with Crippen molar-refractivity contribution in [1.82, 2.24) is 0 Å². The highest BCUT2D eigenvalue weighted by atomic mass is 16.3. The van der Waals surface area contributed by atoms with E-state index in [1.54, 1.807) is 0 Å². The highest BCUT2D eigenvalue weighted by Gasteiger charge is 2.14. The quantitative estimate of drug-likeness (QED) is 0.320. The number of carbonyl (C=O) groups is 2. The summed E-state index contributed by atoms with van der Waals surface area (Å²) in [6, 6.07) is 0. The van der Waals surface area contributed by atoms with E-state index in [1.807, 2.05) is 13.8 Å². The number of hydrogen-bond donors (Lipinski definition) is 1. The van der Waals surface area contributed by atoms with Crippen LogP contribution in [0.15, 0.2) is 0 Å². The molecular formula is C20H40O3. The highest BCUT2D eigenvalue weighted by Crippen LogP contribution is 2.21. The van der Waals surface area contributed by atoms with Crippen molar-refractivity contribution in [3.05, 3.63) is 0 Å². The monoisotopic (exact) mass is 328 g/mol. The van der Waals surface area contributed by atoms with Crippen LogP contribution in [-0.2, 0) is 9.59 Å². The Kier molecular flexibility index (Phi) is 20.7. The van der Waals surface area contributed by atoms with Crippen LogP contribution in [0.1, 0.15) is 104 Å². The van der Waals surface area contributed by atoms with Crippen molar-refractivity contribution < 1.29 is 14.7 Å². The molecule has 0 aliphatic carbocycles. The third kappa shape index (κ3) is 23.7. The molecule has 0 amide bonds. The summed E-state index contributed by atoms with van der Waals surface area (Å²) in [5.74, 6) is 0. The van der Waals surface area contributed by atoms with Crippen molar-refractivity contribution in [3.63, 3.8) is 0 Å². The van der Waals surface area contributed by atoms with Gasteiger partial charge in [0.2, 0.25) is 0 Å². The Morgan fingerprint density at radius 2 is 1.09 bits per heavy atom. The van der Waals surface area contributed by atoms with Gasteiger partial charge >= 0.3 is 0 Å². The van der Waals surface area contributed by atoms with Gasteiger partial charge in [-0.15, -0.1) is 0 Å². The summed E-state index contributed by atoms with van der Waals surface area (Å²) in [5, 5.41) is 7.51. The Morgan fingerprint density at radius 1 is 0.739 bits per heavy atom. The molecule has 0 aromatic heterocycles. The molecule has 1 N–H and O–H groups in total. The summed E-state index contributed by atoms with van der Waals surface area (Å²) in [7, 11) is 0. The van der Waals surface area contributed by atoms with Crippen molar-refractivity contribution in [2.45, 2.75) is 104 Å². The van der Waals surface area contributed by atoms with Crippen LogP contribution in [-0.4, -0.2) is 24.3 Å². The molecule has 0 aliphatic heterocycles. The van der Waals surface area contributed by atoms with E-state index in [9.17, 15) is 4.79 Å². The number of unbranched alkanes of at least 4 members (excludes halogenated alkanes) is 11. The van der Waals surface area contributed by atoms with Crippen molar-refractivity contribution in [2.24, 2.45) is 5.41 Å². The molecule has 0 aliphatic rings. The number of aldehydes is 2. The van der Waals surface area contributed by atoms with Gasteiger partial charge in [-0.3, -0.25) is 0 Å². The van der Waals surface area contributed by atoms with Crippen LogP contribution in [0.2, 0.25) is 0 Å². The lowest BCUT2D eigenvalue weighted by atomic mass is 9.88. The van der Waals surface area contributed by atoms with E-state index in [0.29, 0.717) is 6.29 Å². The first-order valence-electron chi connectivity index (χ1n) is 9.55. The van der Waals surface area contributed by atoms with Crippen molar-refractivity contribution in [1.29, 1.82) is 0 Å². The third-order valence-electron chi connectivity index (χ3n) is 4.07. The van der Waals surface area contributed by atoms with E-state index in [0.717, 1.165) is 12.7 Å². The maximum Gasteiger partial charge on any atom is 0.145 e. The van der Waals surface area contributed by atoms with Gasteiger partial charge < -0.3 is 14.7 Å². The lowest BCUT2D eigenvalue weighted by Gasteiger charge is -2.15. The molecule has 0 fully saturated rings. The van der Waals surface area contributed by atoms with Gasteiger partial charge in [-0.2, -0.15) is 0 Å². The molecule has 0 heterocycles. The molecule has 3 nitrogen and oxygen atoms in total. The molecule has 0 bridgehead atoms. The summed E-state index contributed by atoms with van der Waals surface area (Å²) in [6.07, 6.45) is 19.2. The number of aliphatic hydroxyl groups is 1. The lowest BCUT2D eigenvalue weighted by Crippen LogP contribution is -2.12. The van der Waals surface area contributed by atoms with E-state index in [2.05, 4.69) is 6.92 Å². The first-order chi connectivity index (χ1) is 11.0.